The van der Waals surface area contributed by atoms with Gasteiger partial charge in [0.15, 0.2) is 0 Å². The minimum atomic E-state index is -0.974. The van der Waals surface area contributed by atoms with Crippen molar-refractivity contribution in [2.24, 2.45) is 0 Å². The zero-order valence-electron chi connectivity index (χ0n) is 11.2. The van der Waals surface area contributed by atoms with E-state index in [2.05, 4.69) is 21.2 Å². The van der Waals surface area contributed by atoms with Gasteiger partial charge in [0.1, 0.15) is 0 Å². The van der Waals surface area contributed by atoms with E-state index in [1.54, 1.807) is 18.2 Å². The van der Waals surface area contributed by atoms with Crippen LogP contribution in [-0.4, -0.2) is 17.0 Å². The first-order valence-corrected chi connectivity index (χ1v) is 7.17. The van der Waals surface area contributed by atoms with Crippen molar-refractivity contribution in [3.05, 3.63) is 69.7 Å². The van der Waals surface area contributed by atoms with E-state index in [0.717, 1.165) is 15.6 Å². The Hall–Kier alpha value is -2.14. The van der Waals surface area contributed by atoms with Crippen LogP contribution in [0.15, 0.2) is 53.0 Å². The van der Waals surface area contributed by atoms with Gasteiger partial charge in [0.25, 0.3) is 0 Å². The van der Waals surface area contributed by atoms with Crippen molar-refractivity contribution in [3.63, 3.8) is 0 Å². The minimum Gasteiger partial charge on any atom is -0.478 e. The summed E-state index contributed by atoms with van der Waals surface area (Å²) in [5.41, 5.74) is 1.91. The van der Waals surface area contributed by atoms with Crippen molar-refractivity contribution in [2.75, 3.05) is 0 Å². The molecule has 4 nitrogen and oxygen atoms in total. The molecule has 0 spiro atoms. The highest BCUT2D eigenvalue weighted by molar-refractivity contribution is 9.10. The number of carbonyl (C=O) groups is 2. The van der Waals surface area contributed by atoms with Crippen molar-refractivity contribution < 1.29 is 14.7 Å². The van der Waals surface area contributed by atoms with Crippen molar-refractivity contribution >= 4 is 27.8 Å². The number of carbonyl (C=O) groups excluding carboxylic acids is 1. The Balaban J connectivity index is 1.90. The fourth-order valence-electron chi connectivity index (χ4n) is 1.87. The van der Waals surface area contributed by atoms with E-state index in [0.29, 0.717) is 13.0 Å². The van der Waals surface area contributed by atoms with Gasteiger partial charge >= 0.3 is 5.97 Å². The highest BCUT2D eigenvalue weighted by Gasteiger charge is 2.06. The molecule has 0 aliphatic rings. The Bertz CT molecular complexity index is 653. The van der Waals surface area contributed by atoms with Crippen molar-refractivity contribution in [1.29, 1.82) is 0 Å². The quantitative estimate of drug-likeness (QED) is 0.873. The van der Waals surface area contributed by atoms with Crippen LogP contribution in [0, 0.1) is 0 Å². The molecule has 2 aromatic carbocycles. The molecular weight excluding hydrogens is 334 g/mol. The summed E-state index contributed by atoms with van der Waals surface area (Å²) in [4.78, 5) is 22.7. The van der Waals surface area contributed by atoms with E-state index in [9.17, 15) is 9.59 Å². The van der Waals surface area contributed by atoms with Gasteiger partial charge in [-0.15, -0.1) is 0 Å². The molecule has 5 heteroatoms. The second-order valence-electron chi connectivity index (χ2n) is 4.59. The Morgan fingerprint density at radius 1 is 1.05 bits per heavy atom. The number of carboxylic acids is 1. The summed E-state index contributed by atoms with van der Waals surface area (Å²) in [6.45, 7) is 0.316. The zero-order valence-corrected chi connectivity index (χ0v) is 12.8. The first-order valence-electron chi connectivity index (χ1n) is 6.38. The van der Waals surface area contributed by atoms with Crippen molar-refractivity contribution in [2.45, 2.75) is 13.0 Å². The van der Waals surface area contributed by atoms with Crippen molar-refractivity contribution in [1.82, 2.24) is 5.32 Å². The molecule has 108 valence electrons. The summed E-state index contributed by atoms with van der Waals surface area (Å²) in [5.74, 6) is -1.07. The van der Waals surface area contributed by atoms with Gasteiger partial charge in [-0.2, -0.15) is 0 Å². The zero-order chi connectivity index (χ0) is 15.2. The number of carboxylic acid groups (broad SMARTS) is 1. The Morgan fingerprint density at radius 3 is 2.43 bits per heavy atom. The maximum Gasteiger partial charge on any atom is 0.335 e. The normalized spacial score (nSPS) is 10.1. The van der Waals surface area contributed by atoms with Crippen LogP contribution in [0.25, 0.3) is 0 Å². The van der Waals surface area contributed by atoms with Crippen LogP contribution in [0.4, 0.5) is 0 Å². The van der Waals surface area contributed by atoms with E-state index in [1.165, 1.54) is 6.07 Å². The third kappa shape index (κ3) is 4.72. The molecule has 0 bridgehead atoms. The molecule has 0 saturated carbocycles. The number of benzene rings is 2. The van der Waals surface area contributed by atoms with E-state index in [4.69, 9.17) is 5.11 Å². The topological polar surface area (TPSA) is 66.4 Å². The number of nitrogens with one attached hydrogen (secondary N) is 1. The predicted octanol–water partition coefficient (Wildman–Crippen LogP) is 3.01. The van der Waals surface area contributed by atoms with Crippen LogP contribution < -0.4 is 5.32 Å². The molecular formula is C16H14BrNO3. The smallest absolute Gasteiger partial charge is 0.335 e. The minimum absolute atomic E-state index is 0.0990. The largest absolute Gasteiger partial charge is 0.478 e. The monoisotopic (exact) mass is 347 g/mol. The SMILES string of the molecule is O=C(Cc1ccc(Br)cc1)NCc1cccc(C(=O)O)c1. The average molecular weight is 348 g/mol. The van der Waals surface area contributed by atoms with E-state index < -0.39 is 5.97 Å². The summed E-state index contributed by atoms with van der Waals surface area (Å²) < 4.78 is 0.970. The number of rotatable bonds is 5. The van der Waals surface area contributed by atoms with Crippen LogP contribution >= 0.6 is 15.9 Å². The number of hydrogen-bond donors (Lipinski definition) is 2. The number of halogens is 1. The van der Waals surface area contributed by atoms with Gasteiger partial charge in [-0.1, -0.05) is 40.2 Å². The lowest BCUT2D eigenvalue weighted by Gasteiger charge is -2.06. The summed E-state index contributed by atoms with van der Waals surface area (Å²) in [6, 6.07) is 14.1. The van der Waals surface area contributed by atoms with Crippen LogP contribution in [0.5, 0.6) is 0 Å². The third-order valence-corrected chi connectivity index (χ3v) is 3.47. The molecule has 0 atom stereocenters. The summed E-state index contributed by atoms with van der Waals surface area (Å²) >= 11 is 3.34. The fraction of sp³-hybridized carbons (Fsp3) is 0.125. The van der Waals surface area contributed by atoms with Crippen molar-refractivity contribution in [3.8, 4) is 0 Å². The average Bonchev–Trinajstić information content (AvgIpc) is 2.48. The molecule has 2 N–H and O–H groups in total. The van der Waals surface area contributed by atoms with Gasteiger partial charge in [-0.25, -0.2) is 4.79 Å². The summed E-state index contributed by atoms with van der Waals surface area (Å²) in [5, 5.41) is 11.7. The second kappa shape index (κ2) is 7.04. The highest BCUT2D eigenvalue weighted by atomic mass is 79.9. The molecule has 2 aromatic rings. The molecule has 0 unspecified atom stereocenters. The molecule has 0 aliphatic carbocycles. The maximum atomic E-state index is 11.9. The molecule has 0 saturated heterocycles. The lowest BCUT2D eigenvalue weighted by molar-refractivity contribution is -0.120. The summed E-state index contributed by atoms with van der Waals surface area (Å²) in [6.07, 6.45) is 0.298. The predicted molar refractivity (Wildman–Crippen MR) is 83.1 cm³/mol. The number of aromatic carboxylic acids is 1. The molecule has 1 amide bonds. The first kappa shape index (κ1) is 15.3. The Morgan fingerprint density at radius 2 is 1.76 bits per heavy atom. The lowest BCUT2D eigenvalue weighted by Crippen LogP contribution is -2.24. The van der Waals surface area contributed by atoms with Crippen LogP contribution in [0.3, 0.4) is 0 Å². The molecule has 0 aliphatic heterocycles. The Kier molecular flexibility index (Phi) is 5.11. The fourth-order valence-corrected chi connectivity index (χ4v) is 2.13. The Labute approximate surface area is 130 Å². The lowest BCUT2D eigenvalue weighted by atomic mass is 10.1. The van der Waals surface area contributed by atoms with Gasteiger partial charge in [0.2, 0.25) is 5.91 Å². The standard InChI is InChI=1S/C16H14BrNO3/c17-14-6-4-11(5-7-14)9-15(19)18-10-12-2-1-3-13(8-12)16(20)21/h1-8H,9-10H2,(H,18,19)(H,20,21). The second-order valence-corrected chi connectivity index (χ2v) is 5.50. The van der Waals surface area contributed by atoms with Gasteiger partial charge in [-0.05, 0) is 35.4 Å². The van der Waals surface area contributed by atoms with Gasteiger partial charge in [0, 0.05) is 11.0 Å². The van der Waals surface area contributed by atoms with E-state index in [-0.39, 0.29) is 11.5 Å². The van der Waals surface area contributed by atoms with Crippen LogP contribution in [0.1, 0.15) is 21.5 Å². The molecule has 21 heavy (non-hydrogen) atoms. The van der Waals surface area contributed by atoms with E-state index in [1.807, 2.05) is 24.3 Å². The highest BCUT2D eigenvalue weighted by Crippen LogP contribution is 2.11. The summed E-state index contributed by atoms with van der Waals surface area (Å²) in [7, 11) is 0. The molecule has 0 aromatic heterocycles. The maximum absolute atomic E-state index is 11.9. The van der Waals surface area contributed by atoms with Gasteiger partial charge in [0.05, 0.1) is 12.0 Å². The number of amides is 1. The number of hydrogen-bond acceptors (Lipinski definition) is 2. The van der Waals surface area contributed by atoms with Crippen LogP contribution in [-0.2, 0) is 17.8 Å². The van der Waals surface area contributed by atoms with Crippen LogP contribution in [0.2, 0.25) is 0 Å². The van der Waals surface area contributed by atoms with Gasteiger partial charge in [-0.3, -0.25) is 4.79 Å². The first-order chi connectivity index (χ1) is 10.0. The molecule has 0 fully saturated rings. The molecule has 0 heterocycles. The van der Waals surface area contributed by atoms with E-state index >= 15 is 0 Å². The third-order valence-electron chi connectivity index (χ3n) is 2.94. The molecule has 2 rings (SSSR count). The molecule has 0 radical (unpaired) electrons. The van der Waals surface area contributed by atoms with Gasteiger partial charge < -0.3 is 10.4 Å².